The standard InChI is InChI=1S/C18H21ClN2O/c1-13-4-6-15(7-5-13)12-21(3)14(2)18(22)20-17-10-8-16(19)9-11-17/h4-11,14H,12H2,1-3H3,(H,20,22)/t14-/m0/s1. The van der Waals surface area contributed by atoms with E-state index >= 15 is 0 Å². The number of hydrogen-bond acceptors (Lipinski definition) is 2. The Labute approximate surface area is 136 Å². The minimum Gasteiger partial charge on any atom is -0.325 e. The smallest absolute Gasteiger partial charge is 0.241 e. The molecule has 1 amide bonds. The molecule has 0 saturated carbocycles. The molecule has 0 unspecified atom stereocenters. The van der Waals surface area contributed by atoms with Crippen molar-refractivity contribution < 1.29 is 4.79 Å². The highest BCUT2D eigenvalue weighted by atomic mass is 35.5. The van der Waals surface area contributed by atoms with Crippen LogP contribution in [0.1, 0.15) is 18.1 Å². The maximum atomic E-state index is 12.3. The number of halogens is 1. The molecule has 3 nitrogen and oxygen atoms in total. The molecule has 116 valence electrons. The zero-order valence-corrected chi connectivity index (χ0v) is 13.9. The maximum absolute atomic E-state index is 12.3. The molecular formula is C18H21ClN2O. The first-order chi connectivity index (χ1) is 10.5. The van der Waals surface area contributed by atoms with Gasteiger partial charge in [0, 0.05) is 17.3 Å². The van der Waals surface area contributed by atoms with E-state index in [0.29, 0.717) is 5.02 Å². The van der Waals surface area contributed by atoms with Gasteiger partial charge >= 0.3 is 0 Å². The quantitative estimate of drug-likeness (QED) is 0.900. The van der Waals surface area contributed by atoms with Gasteiger partial charge in [0.05, 0.1) is 6.04 Å². The van der Waals surface area contributed by atoms with Crippen molar-refractivity contribution in [2.24, 2.45) is 0 Å². The average molecular weight is 317 g/mol. The number of carbonyl (C=O) groups excluding carboxylic acids is 1. The highest BCUT2D eigenvalue weighted by Gasteiger charge is 2.18. The van der Waals surface area contributed by atoms with Crippen molar-refractivity contribution in [1.29, 1.82) is 0 Å². The van der Waals surface area contributed by atoms with Crippen LogP contribution >= 0.6 is 11.6 Å². The molecule has 0 saturated heterocycles. The van der Waals surface area contributed by atoms with E-state index in [1.807, 2.05) is 18.9 Å². The lowest BCUT2D eigenvalue weighted by Gasteiger charge is -2.24. The Bertz CT molecular complexity index is 623. The first-order valence-electron chi connectivity index (χ1n) is 7.28. The molecule has 1 N–H and O–H groups in total. The van der Waals surface area contributed by atoms with E-state index < -0.39 is 0 Å². The largest absolute Gasteiger partial charge is 0.325 e. The van der Waals surface area contributed by atoms with Gasteiger partial charge in [-0.1, -0.05) is 41.4 Å². The fourth-order valence-corrected chi connectivity index (χ4v) is 2.22. The molecule has 0 aromatic heterocycles. The number of nitrogens with one attached hydrogen (secondary N) is 1. The van der Waals surface area contributed by atoms with E-state index in [0.717, 1.165) is 12.2 Å². The van der Waals surface area contributed by atoms with Gasteiger partial charge < -0.3 is 5.32 Å². The molecule has 0 radical (unpaired) electrons. The average Bonchev–Trinajstić information content (AvgIpc) is 2.51. The molecule has 0 aliphatic carbocycles. The van der Waals surface area contributed by atoms with Crippen LogP contribution in [0.2, 0.25) is 5.02 Å². The van der Waals surface area contributed by atoms with Crippen LogP contribution in [-0.2, 0) is 11.3 Å². The van der Waals surface area contributed by atoms with Crippen molar-refractivity contribution in [2.45, 2.75) is 26.4 Å². The van der Waals surface area contributed by atoms with Crippen LogP contribution in [0.4, 0.5) is 5.69 Å². The minimum absolute atomic E-state index is 0.0306. The third-order valence-corrected chi connectivity index (χ3v) is 3.96. The third kappa shape index (κ3) is 4.58. The summed E-state index contributed by atoms with van der Waals surface area (Å²) in [7, 11) is 1.95. The summed E-state index contributed by atoms with van der Waals surface area (Å²) in [6.07, 6.45) is 0. The normalized spacial score (nSPS) is 12.2. The molecule has 2 rings (SSSR count). The molecule has 0 spiro atoms. The van der Waals surface area contributed by atoms with Crippen molar-refractivity contribution in [3.8, 4) is 0 Å². The monoisotopic (exact) mass is 316 g/mol. The van der Waals surface area contributed by atoms with E-state index in [9.17, 15) is 4.79 Å². The fourth-order valence-electron chi connectivity index (χ4n) is 2.10. The molecule has 0 heterocycles. The highest BCUT2D eigenvalue weighted by Crippen LogP contribution is 2.15. The number of amides is 1. The summed E-state index contributed by atoms with van der Waals surface area (Å²) in [4.78, 5) is 14.3. The van der Waals surface area contributed by atoms with Crippen molar-refractivity contribution >= 4 is 23.2 Å². The summed E-state index contributed by atoms with van der Waals surface area (Å²) < 4.78 is 0. The first-order valence-corrected chi connectivity index (χ1v) is 7.66. The lowest BCUT2D eigenvalue weighted by molar-refractivity contribution is -0.120. The van der Waals surface area contributed by atoms with Gasteiger partial charge in [-0.3, -0.25) is 9.69 Å². The predicted octanol–water partition coefficient (Wildman–Crippen LogP) is 4.11. The van der Waals surface area contributed by atoms with Gasteiger partial charge in [-0.05, 0) is 50.7 Å². The Hall–Kier alpha value is -1.84. The van der Waals surface area contributed by atoms with Crippen LogP contribution in [0.3, 0.4) is 0 Å². The van der Waals surface area contributed by atoms with Gasteiger partial charge in [0.1, 0.15) is 0 Å². The summed E-state index contributed by atoms with van der Waals surface area (Å²) in [6.45, 7) is 4.70. The molecule has 0 aliphatic heterocycles. The Morgan fingerprint density at radius 2 is 1.73 bits per heavy atom. The number of nitrogens with zero attached hydrogens (tertiary/aromatic N) is 1. The molecule has 4 heteroatoms. The Kier molecular flexibility index (Phi) is 5.58. The van der Waals surface area contributed by atoms with E-state index in [1.165, 1.54) is 11.1 Å². The number of aryl methyl sites for hydroxylation is 1. The number of anilines is 1. The van der Waals surface area contributed by atoms with Crippen molar-refractivity contribution in [1.82, 2.24) is 4.90 Å². The number of hydrogen-bond donors (Lipinski definition) is 1. The molecule has 0 aliphatic rings. The molecule has 22 heavy (non-hydrogen) atoms. The first kappa shape index (κ1) is 16.5. The summed E-state index contributed by atoms with van der Waals surface area (Å²) in [5.41, 5.74) is 3.18. The second-order valence-electron chi connectivity index (χ2n) is 5.57. The van der Waals surface area contributed by atoms with E-state index in [2.05, 4.69) is 36.5 Å². The van der Waals surface area contributed by atoms with Crippen molar-refractivity contribution in [3.05, 3.63) is 64.7 Å². The summed E-state index contributed by atoms with van der Waals surface area (Å²) in [5.74, 6) is -0.0306. The Morgan fingerprint density at radius 1 is 1.14 bits per heavy atom. The Morgan fingerprint density at radius 3 is 2.32 bits per heavy atom. The van der Waals surface area contributed by atoms with Gasteiger partial charge in [0.2, 0.25) is 5.91 Å². The van der Waals surface area contributed by atoms with Gasteiger partial charge in [-0.15, -0.1) is 0 Å². The lowest BCUT2D eigenvalue weighted by Crippen LogP contribution is -2.39. The summed E-state index contributed by atoms with van der Waals surface area (Å²) in [5, 5.41) is 3.56. The predicted molar refractivity (Wildman–Crippen MR) is 92.2 cm³/mol. The van der Waals surface area contributed by atoms with Gasteiger partial charge in [-0.2, -0.15) is 0 Å². The van der Waals surface area contributed by atoms with Gasteiger partial charge in [0.15, 0.2) is 0 Å². The molecular weight excluding hydrogens is 296 g/mol. The molecule has 2 aromatic rings. The van der Waals surface area contributed by atoms with Crippen molar-refractivity contribution in [2.75, 3.05) is 12.4 Å². The van der Waals surface area contributed by atoms with Crippen molar-refractivity contribution in [3.63, 3.8) is 0 Å². The minimum atomic E-state index is -0.225. The van der Waals surface area contributed by atoms with Crippen LogP contribution < -0.4 is 5.32 Å². The fraction of sp³-hybridized carbons (Fsp3) is 0.278. The van der Waals surface area contributed by atoms with E-state index in [4.69, 9.17) is 11.6 Å². The SMILES string of the molecule is Cc1ccc(CN(C)[C@@H](C)C(=O)Nc2ccc(Cl)cc2)cc1. The molecule has 0 fully saturated rings. The Balaban J connectivity index is 1.94. The summed E-state index contributed by atoms with van der Waals surface area (Å²) >= 11 is 5.84. The van der Waals surface area contributed by atoms with E-state index in [1.54, 1.807) is 24.3 Å². The maximum Gasteiger partial charge on any atom is 0.241 e. The molecule has 2 aromatic carbocycles. The number of rotatable bonds is 5. The van der Waals surface area contributed by atoms with Gasteiger partial charge in [0.25, 0.3) is 0 Å². The number of carbonyl (C=O) groups is 1. The van der Waals surface area contributed by atoms with Crippen LogP contribution in [0.5, 0.6) is 0 Å². The second-order valence-corrected chi connectivity index (χ2v) is 6.01. The summed E-state index contributed by atoms with van der Waals surface area (Å²) in [6, 6.07) is 15.3. The zero-order chi connectivity index (χ0) is 16.1. The number of benzene rings is 2. The topological polar surface area (TPSA) is 32.3 Å². The highest BCUT2D eigenvalue weighted by molar-refractivity contribution is 6.30. The second kappa shape index (κ2) is 7.43. The van der Waals surface area contributed by atoms with Crippen LogP contribution in [0, 0.1) is 6.92 Å². The third-order valence-electron chi connectivity index (χ3n) is 3.70. The number of likely N-dealkylation sites (N-methyl/N-ethyl adjacent to an activating group) is 1. The zero-order valence-electron chi connectivity index (χ0n) is 13.1. The lowest BCUT2D eigenvalue weighted by atomic mass is 10.1. The van der Waals surface area contributed by atoms with E-state index in [-0.39, 0.29) is 11.9 Å². The van der Waals surface area contributed by atoms with Gasteiger partial charge in [-0.25, -0.2) is 0 Å². The van der Waals surface area contributed by atoms with Crippen LogP contribution in [-0.4, -0.2) is 23.9 Å². The molecule has 1 atom stereocenters. The van der Waals surface area contributed by atoms with Crippen LogP contribution in [0.25, 0.3) is 0 Å². The molecule has 0 bridgehead atoms. The van der Waals surface area contributed by atoms with Crippen LogP contribution in [0.15, 0.2) is 48.5 Å².